The van der Waals surface area contributed by atoms with Gasteiger partial charge in [-0.25, -0.2) is 17.9 Å². The van der Waals surface area contributed by atoms with Crippen LogP contribution in [0.4, 0.5) is 0 Å². The van der Waals surface area contributed by atoms with Crippen LogP contribution >= 0.6 is 27.3 Å². The van der Waals surface area contributed by atoms with Crippen molar-refractivity contribution >= 4 is 43.3 Å². The molecule has 0 saturated carbocycles. The van der Waals surface area contributed by atoms with Gasteiger partial charge in [-0.2, -0.15) is 0 Å². The Balaban J connectivity index is 2.12. The van der Waals surface area contributed by atoms with Gasteiger partial charge in [0.2, 0.25) is 10.0 Å². The maximum Gasteiger partial charge on any atom is 0.335 e. The van der Waals surface area contributed by atoms with Gasteiger partial charge in [-0.15, -0.1) is 11.3 Å². The first kappa shape index (κ1) is 15.1. The van der Waals surface area contributed by atoms with Crippen LogP contribution in [0.25, 0.3) is 0 Å². The van der Waals surface area contributed by atoms with E-state index in [4.69, 9.17) is 5.11 Å². The van der Waals surface area contributed by atoms with Gasteiger partial charge in [-0.3, -0.25) is 4.98 Å². The summed E-state index contributed by atoms with van der Waals surface area (Å²) >= 11 is 4.28. The number of aromatic carboxylic acids is 1. The van der Waals surface area contributed by atoms with Gasteiger partial charge < -0.3 is 5.11 Å². The van der Waals surface area contributed by atoms with Crippen LogP contribution in [-0.4, -0.2) is 24.5 Å². The monoisotopic (exact) mass is 376 g/mol. The fourth-order valence-corrected chi connectivity index (χ4v) is 4.44. The van der Waals surface area contributed by atoms with Crippen molar-refractivity contribution in [2.45, 2.75) is 10.8 Å². The van der Waals surface area contributed by atoms with Crippen molar-refractivity contribution in [3.63, 3.8) is 0 Å². The van der Waals surface area contributed by atoms with E-state index in [1.807, 2.05) is 0 Å². The number of pyridine rings is 1. The fourth-order valence-electron chi connectivity index (χ4n) is 1.39. The molecule has 0 aliphatic heterocycles. The summed E-state index contributed by atoms with van der Waals surface area (Å²) in [6, 6.07) is 5.80. The maximum absolute atomic E-state index is 12.0. The highest BCUT2D eigenvalue weighted by molar-refractivity contribution is 9.11. The summed E-state index contributed by atoms with van der Waals surface area (Å²) in [6.45, 7) is -0.0705. The second-order valence-electron chi connectivity index (χ2n) is 3.72. The number of halogens is 1. The van der Waals surface area contributed by atoms with Crippen molar-refractivity contribution in [2.75, 3.05) is 0 Å². The van der Waals surface area contributed by atoms with Gasteiger partial charge in [0.15, 0.2) is 0 Å². The molecule has 20 heavy (non-hydrogen) atoms. The van der Waals surface area contributed by atoms with E-state index >= 15 is 0 Å². The molecule has 0 spiro atoms. The van der Waals surface area contributed by atoms with Gasteiger partial charge in [0, 0.05) is 6.20 Å². The van der Waals surface area contributed by atoms with E-state index in [2.05, 4.69) is 25.6 Å². The molecule has 0 aliphatic carbocycles. The second-order valence-corrected chi connectivity index (χ2v) is 8.18. The van der Waals surface area contributed by atoms with Crippen LogP contribution in [0.2, 0.25) is 0 Å². The molecule has 0 saturated heterocycles. The summed E-state index contributed by atoms with van der Waals surface area (Å²) in [5.74, 6) is -1.08. The number of carbonyl (C=O) groups is 1. The lowest BCUT2D eigenvalue weighted by molar-refractivity contribution is 0.0696. The highest BCUT2D eigenvalue weighted by Gasteiger charge is 2.16. The Kier molecular flexibility index (Phi) is 4.53. The molecular weight excluding hydrogens is 368 g/mol. The molecule has 0 bridgehead atoms. The third kappa shape index (κ3) is 3.63. The number of sulfonamides is 1. The second kappa shape index (κ2) is 6.00. The Morgan fingerprint density at radius 2 is 2.15 bits per heavy atom. The van der Waals surface area contributed by atoms with Gasteiger partial charge in [0.1, 0.15) is 4.21 Å². The highest BCUT2D eigenvalue weighted by Crippen LogP contribution is 2.25. The number of carboxylic acids is 1. The Labute approximate surface area is 127 Å². The molecule has 2 aromatic rings. The van der Waals surface area contributed by atoms with Crippen molar-refractivity contribution in [2.24, 2.45) is 0 Å². The summed E-state index contributed by atoms with van der Waals surface area (Å²) in [4.78, 5) is 14.7. The molecule has 0 fully saturated rings. The Morgan fingerprint density at radius 1 is 1.40 bits per heavy atom. The van der Waals surface area contributed by atoms with Crippen molar-refractivity contribution in [3.8, 4) is 0 Å². The van der Waals surface area contributed by atoms with E-state index in [1.165, 1.54) is 24.4 Å². The summed E-state index contributed by atoms with van der Waals surface area (Å²) in [5.41, 5.74) is 0.400. The molecule has 2 N–H and O–H groups in total. The Morgan fingerprint density at radius 3 is 2.75 bits per heavy atom. The molecule has 106 valence electrons. The Hall–Kier alpha value is -1.29. The Bertz CT molecular complexity index is 742. The molecular formula is C11H9BrN2O4S2. The van der Waals surface area contributed by atoms with Crippen molar-refractivity contribution in [3.05, 3.63) is 45.5 Å². The standard InChI is InChI=1S/C11H9BrN2O4S2/c12-9-1-2-10(19-9)20(17,18)14-6-8-5-7(11(15)16)3-4-13-8/h1-5,14H,6H2,(H,15,16). The topological polar surface area (TPSA) is 96.4 Å². The van der Waals surface area contributed by atoms with Crippen molar-refractivity contribution < 1.29 is 18.3 Å². The van der Waals surface area contributed by atoms with Gasteiger partial charge in [-0.05, 0) is 40.2 Å². The van der Waals surface area contributed by atoms with E-state index in [0.717, 1.165) is 11.3 Å². The lowest BCUT2D eigenvalue weighted by atomic mass is 10.2. The molecule has 2 aromatic heterocycles. The van der Waals surface area contributed by atoms with Crippen molar-refractivity contribution in [1.29, 1.82) is 0 Å². The van der Waals surface area contributed by atoms with Gasteiger partial charge in [0.05, 0.1) is 21.6 Å². The molecule has 0 amide bonds. The van der Waals surface area contributed by atoms with Crippen LogP contribution in [0, 0.1) is 0 Å². The third-order valence-corrected chi connectivity index (χ3v) is 5.84. The molecule has 6 nitrogen and oxygen atoms in total. The van der Waals surface area contributed by atoms with E-state index in [-0.39, 0.29) is 16.3 Å². The van der Waals surface area contributed by atoms with E-state index in [1.54, 1.807) is 6.07 Å². The number of thiophene rings is 1. The third-order valence-electron chi connectivity index (χ3n) is 2.32. The first-order chi connectivity index (χ1) is 9.38. The number of aromatic nitrogens is 1. The minimum atomic E-state index is -3.62. The zero-order valence-electron chi connectivity index (χ0n) is 9.91. The highest BCUT2D eigenvalue weighted by atomic mass is 79.9. The molecule has 0 radical (unpaired) electrons. The molecule has 0 aliphatic rings. The van der Waals surface area contributed by atoms with Crippen LogP contribution < -0.4 is 4.72 Å². The number of nitrogens with one attached hydrogen (secondary N) is 1. The summed E-state index contributed by atoms with van der Waals surface area (Å²) in [5, 5.41) is 8.85. The summed E-state index contributed by atoms with van der Waals surface area (Å²) in [6.07, 6.45) is 1.33. The summed E-state index contributed by atoms with van der Waals surface area (Å²) in [7, 11) is -3.62. The maximum atomic E-state index is 12.0. The van der Waals surface area contributed by atoms with Crippen LogP contribution in [0.1, 0.15) is 16.1 Å². The summed E-state index contributed by atoms with van der Waals surface area (Å²) < 4.78 is 27.2. The molecule has 0 atom stereocenters. The molecule has 0 aromatic carbocycles. The smallest absolute Gasteiger partial charge is 0.335 e. The predicted molar refractivity (Wildman–Crippen MR) is 77.2 cm³/mol. The molecule has 0 unspecified atom stereocenters. The minimum Gasteiger partial charge on any atom is -0.478 e. The van der Waals surface area contributed by atoms with E-state index in [9.17, 15) is 13.2 Å². The largest absolute Gasteiger partial charge is 0.478 e. The molecule has 2 heterocycles. The average Bonchev–Trinajstić information content (AvgIpc) is 2.84. The molecule has 9 heteroatoms. The quantitative estimate of drug-likeness (QED) is 0.832. The predicted octanol–water partition coefficient (Wildman–Crippen LogP) is 2.08. The first-order valence-electron chi connectivity index (χ1n) is 5.32. The first-order valence-corrected chi connectivity index (χ1v) is 8.41. The normalized spacial score (nSPS) is 11.4. The van der Waals surface area contributed by atoms with Gasteiger partial charge in [-0.1, -0.05) is 0 Å². The van der Waals surface area contributed by atoms with Crippen LogP contribution in [0.3, 0.4) is 0 Å². The number of hydrogen-bond donors (Lipinski definition) is 2. The lowest BCUT2D eigenvalue weighted by Crippen LogP contribution is -2.23. The fraction of sp³-hybridized carbons (Fsp3) is 0.0909. The van der Waals surface area contributed by atoms with Gasteiger partial charge in [0.25, 0.3) is 0 Å². The average molecular weight is 377 g/mol. The van der Waals surface area contributed by atoms with Crippen LogP contribution in [0.15, 0.2) is 38.5 Å². The van der Waals surface area contributed by atoms with Crippen molar-refractivity contribution in [1.82, 2.24) is 9.71 Å². The van der Waals surface area contributed by atoms with E-state index in [0.29, 0.717) is 9.48 Å². The van der Waals surface area contributed by atoms with Gasteiger partial charge >= 0.3 is 5.97 Å². The number of hydrogen-bond acceptors (Lipinski definition) is 5. The zero-order chi connectivity index (χ0) is 14.8. The molecule has 2 rings (SSSR count). The number of nitrogens with zero attached hydrogens (tertiary/aromatic N) is 1. The lowest BCUT2D eigenvalue weighted by Gasteiger charge is -2.04. The van der Waals surface area contributed by atoms with Crippen LogP contribution in [-0.2, 0) is 16.6 Å². The SMILES string of the molecule is O=C(O)c1ccnc(CNS(=O)(=O)c2ccc(Br)s2)c1. The zero-order valence-corrected chi connectivity index (χ0v) is 13.1. The number of rotatable bonds is 5. The number of carboxylic acid groups (broad SMARTS) is 1. The van der Waals surface area contributed by atoms with E-state index < -0.39 is 16.0 Å². The minimum absolute atomic E-state index is 0.0630. The van der Waals surface area contributed by atoms with Crippen LogP contribution in [0.5, 0.6) is 0 Å².